The summed E-state index contributed by atoms with van der Waals surface area (Å²) in [6, 6.07) is 23.1. The highest BCUT2D eigenvalue weighted by Crippen LogP contribution is 2.32. The molecule has 0 aliphatic carbocycles. The van der Waals surface area contributed by atoms with E-state index in [1.807, 2.05) is 18.2 Å². The van der Waals surface area contributed by atoms with Crippen LogP contribution >= 0.6 is 0 Å². The van der Waals surface area contributed by atoms with Crippen LogP contribution in [-0.4, -0.2) is 99.4 Å². The van der Waals surface area contributed by atoms with Crippen molar-refractivity contribution in [3.63, 3.8) is 0 Å². The zero-order chi connectivity index (χ0) is 35.1. The fourth-order valence-corrected chi connectivity index (χ4v) is 7.64. The van der Waals surface area contributed by atoms with E-state index in [4.69, 9.17) is 18.6 Å². The number of methoxy groups -OCH3 is 1. The van der Waals surface area contributed by atoms with Crippen LogP contribution in [0.5, 0.6) is 5.75 Å². The molecule has 12 nitrogen and oxygen atoms in total. The first-order valence-electron chi connectivity index (χ1n) is 16.6. The van der Waals surface area contributed by atoms with Gasteiger partial charge in [0, 0.05) is 63.7 Å². The molecule has 1 amide bonds. The molecule has 1 saturated heterocycles. The number of carbonyl (C=O) groups is 1. The Balaban J connectivity index is 1.18. The fourth-order valence-electron chi connectivity index (χ4n) is 6.23. The molecule has 0 saturated carbocycles. The highest BCUT2D eigenvalue weighted by atomic mass is 32.2. The first-order chi connectivity index (χ1) is 24.3. The summed E-state index contributed by atoms with van der Waals surface area (Å²) in [5.74, 6) is -0.298. The Morgan fingerprint density at radius 3 is 2.40 bits per heavy atom. The van der Waals surface area contributed by atoms with E-state index in [1.165, 1.54) is 31.1 Å². The minimum atomic E-state index is -3.97. The number of amides is 1. The van der Waals surface area contributed by atoms with Crippen molar-refractivity contribution in [1.29, 1.82) is 0 Å². The second kappa shape index (κ2) is 16.0. The highest BCUT2D eigenvalue weighted by Gasteiger charge is 2.34. The third-order valence-electron chi connectivity index (χ3n) is 8.97. The lowest BCUT2D eigenvalue weighted by Crippen LogP contribution is -2.49. The number of aliphatic hydroxyl groups excluding tert-OH is 1. The average molecular weight is 704 g/mol. The lowest BCUT2D eigenvalue weighted by Gasteiger charge is -2.36. The Morgan fingerprint density at radius 1 is 0.960 bits per heavy atom. The van der Waals surface area contributed by atoms with Gasteiger partial charge in [-0.15, -0.1) is 0 Å². The maximum atomic E-state index is 13.9. The molecule has 1 aromatic heterocycles. The number of piperazine rings is 1. The molecular formula is C37H41N3O9S. The minimum absolute atomic E-state index is 0.0449. The van der Waals surface area contributed by atoms with Gasteiger partial charge in [-0.3, -0.25) is 14.5 Å². The lowest BCUT2D eigenvalue weighted by atomic mass is 9.93. The van der Waals surface area contributed by atoms with Crippen molar-refractivity contribution >= 4 is 26.9 Å². The summed E-state index contributed by atoms with van der Waals surface area (Å²) in [6.45, 7) is 2.44. The van der Waals surface area contributed by atoms with Crippen LogP contribution in [0.25, 0.3) is 11.0 Å². The quantitative estimate of drug-likeness (QED) is 0.220. The van der Waals surface area contributed by atoms with Crippen molar-refractivity contribution in [2.45, 2.75) is 30.1 Å². The zero-order valence-electron chi connectivity index (χ0n) is 27.8. The lowest BCUT2D eigenvalue weighted by molar-refractivity contribution is -0.154. The van der Waals surface area contributed by atoms with E-state index in [0.29, 0.717) is 48.5 Å². The Labute approximate surface area is 291 Å². The SMILES string of the molecule is COc1ccc(S(=O)(=O)N(CCO)CCO[C@@H]2C[C@H](c3coc4ccccc4c3=O)C=C(C(=O)N3CCN(Cc4ccccc4)CC3)O2)cc1. The van der Waals surface area contributed by atoms with E-state index in [1.54, 1.807) is 47.4 Å². The number of hydrogen-bond acceptors (Lipinski definition) is 10. The van der Waals surface area contributed by atoms with Gasteiger partial charge < -0.3 is 28.6 Å². The van der Waals surface area contributed by atoms with Gasteiger partial charge in [0.25, 0.3) is 5.91 Å². The molecule has 264 valence electrons. The van der Waals surface area contributed by atoms with Crippen LogP contribution in [0.1, 0.15) is 23.5 Å². The zero-order valence-corrected chi connectivity index (χ0v) is 28.7. The molecule has 13 heteroatoms. The van der Waals surface area contributed by atoms with Crippen molar-refractivity contribution in [2.75, 3.05) is 59.6 Å². The van der Waals surface area contributed by atoms with Gasteiger partial charge in [0.15, 0.2) is 11.2 Å². The van der Waals surface area contributed by atoms with Gasteiger partial charge in [-0.1, -0.05) is 42.5 Å². The molecule has 0 radical (unpaired) electrons. The third-order valence-corrected chi connectivity index (χ3v) is 10.9. The molecule has 1 N–H and O–H groups in total. The van der Waals surface area contributed by atoms with Crippen LogP contribution in [-0.2, 0) is 30.8 Å². The fraction of sp³-hybridized carbons (Fsp3) is 0.351. The van der Waals surface area contributed by atoms with Crippen molar-refractivity contribution < 1.29 is 36.9 Å². The van der Waals surface area contributed by atoms with E-state index in [2.05, 4.69) is 17.0 Å². The molecule has 0 bridgehead atoms. The van der Waals surface area contributed by atoms with Gasteiger partial charge in [0.2, 0.25) is 16.3 Å². The second-order valence-electron chi connectivity index (χ2n) is 12.2. The number of para-hydroxylation sites is 1. The van der Waals surface area contributed by atoms with Crippen molar-refractivity contribution in [2.24, 2.45) is 0 Å². The number of nitrogens with zero attached hydrogens (tertiary/aromatic N) is 3. The van der Waals surface area contributed by atoms with Gasteiger partial charge in [0.1, 0.15) is 11.3 Å². The molecular weight excluding hydrogens is 662 g/mol. The molecule has 1 fully saturated rings. The van der Waals surface area contributed by atoms with Gasteiger partial charge >= 0.3 is 0 Å². The number of sulfonamides is 1. The number of benzene rings is 3. The summed E-state index contributed by atoms with van der Waals surface area (Å²) >= 11 is 0. The highest BCUT2D eigenvalue weighted by molar-refractivity contribution is 7.89. The van der Waals surface area contributed by atoms with Crippen molar-refractivity contribution in [3.8, 4) is 5.75 Å². The molecule has 50 heavy (non-hydrogen) atoms. The van der Waals surface area contributed by atoms with Gasteiger partial charge in [-0.25, -0.2) is 8.42 Å². The van der Waals surface area contributed by atoms with Crippen molar-refractivity contribution in [3.05, 3.63) is 118 Å². The van der Waals surface area contributed by atoms with E-state index in [0.717, 1.165) is 10.8 Å². The number of hydrogen-bond donors (Lipinski definition) is 1. The Morgan fingerprint density at radius 2 is 1.68 bits per heavy atom. The first-order valence-corrected chi connectivity index (χ1v) is 18.0. The topological polar surface area (TPSA) is 139 Å². The summed E-state index contributed by atoms with van der Waals surface area (Å²) in [5, 5.41) is 10.1. The maximum Gasteiger partial charge on any atom is 0.288 e. The van der Waals surface area contributed by atoms with E-state index >= 15 is 0 Å². The molecule has 4 aromatic rings. The number of aliphatic hydroxyl groups is 1. The largest absolute Gasteiger partial charge is 0.497 e. The van der Waals surface area contributed by atoms with Crippen LogP contribution in [0.4, 0.5) is 0 Å². The third kappa shape index (κ3) is 8.09. The standard InChI is InChI=1S/C37H41N3O9S/c1-46-29-11-13-30(14-12-29)50(44,45)40(19-21-41)20-22-47-35-24-28(32-26-48-33-10-6-5-9-31(33)36(32)42)23-34(49-35)37(43)39-17-15-38(16-18-39)25-27-7-3-2-4-8-27/h2-14,23,26,28,35,41H,15-22,24-25H2,1H3/t28-,35+/m1/s1. The monoisotopic (exact) mass is 703 g/mol. The van der Waals surface area contributed by atoms with Crippen LogP contribution < -0.4 is 10.2 Å². The first kappa shape index (κ1) is 35.3. The number of carbonyl (C=O) groups excluding carboxylic acids is 1. The number of fused-ring (bicyclic) bond motifs is 1. The summed E-state index contributed by atoms with van der Waals surface area (Å²) in [7, 11) is -2.48. The van der Waals surface area contributed by atoms with Crippen LogP contribution in [0, 0.1) is 0 Å². The second-order valence-corrected chi connectivity index (χ2v) is 14.1. The van der Waals surface area contributed by atoms with Gasteiger partial charge in [-0.2, -0.15) is 4.31 Å². The average Bonchev–Trinajstić information content (AvgIpc) is 3.15. The van der Waals surface area contributed by atoms with Crippen LogP contribution in [0.15, 0.2) is 111 Å². The summed E-state index contributed by atoms with van der Waals surface area (Å²) in [4.78, 5) is 31.5. The summed E-state index contributed by atoms with van der Waals surface area (Å²) in [6.07, 6.45) is 2.30. The number of rotatable bonds is 13. The normalized spacial score (nSPS) is 18.5. The van der Waals surface area contributed by atoms with Crippen molar-refractivity contribution in [1.82, 2.24) is 14.1 Å². The summed E-state index contributed by atoms with van der Waals surface area (Å²) in [5.41, 5.74) is 1.81. The van der Waals surface area contributed by atoms with Crippen LogP contribution in [0.2, 0.25) is 0 Å². The molecule has 2 aliphatic rings. The van der Waals surface area contributed by atoms with E-state index < -0.39 is 28.8 Å². The predicted molar refractivity (Wildman–Crippen MR) is 186 cm³/mol. The van der Waals surface area contributed by atoms with E-state index in [9.17, 15) is 23.1 Å². The minimum Gasteiger partial charge on any atom is -0.497 e. The van der Waals surface area contributed by atoms with Crippen LogP contribution in [0.3, 0.4) is 0 Å². The smallest absolute Gasteiger partial charge is 0.288 e. The predicted octanol–water partition coefficient (Wildman–Crippen LogP) is 3.56. The molecule has 3 aromatic carbocycles. The molecule has 0 unspecified atom stereocenters. The maximum absolute atomic E-state index is 13.9. The van der Waals surface area contributed by atoms with E-state index in [-0.39, 0.29) is 48.1 Å². The number of ether oxygens (including phenoxy) is 3. The molecule has 2 aliphatic heterocycles. The Bertz CT molecular complexity index is 1960. The molecule has 0 spiro atoms. The number of allylic oxidation sites excluding steroid dienone is 1. The molecule has 2 atom stereocenters. The Hall–Kier alpha value is -4.53. The summed E-state index contributed by atoms with van der Waals surface area (Å²) < 4.78 is 51.1. The van der Waals surface area contributed by atoms with Gasteiger partial charge in [0.05, 0.1) is 36.9 Å². The van der Waals surface area contributed by atoms with Gasteiger partial charge in [-0.05, 0) is 48.0 Å². The Kier molecular flexibility index (Phi) is 11.3. The molecule has 6 rings (SSSR count). The molecule has 3 heterocycles.